The molecule has 0 aliphatic heterocycles. The number of hydrogen-bond donors (Lipinski definition) is 1. The summed E-state index contributed by atoms with van der Waals surface area (Å²) < 4.78 is 1.80. The number of thiazole rings is 1. The van der Waals surface area contributed by atoms with Crippen LogP contribution in [0.1, 0.15) is 27.4 Å². The smallest absolute Gasteiger partial charge is 0.269 e. The van der Waals surface area contributed by atoms with Crippen LogP contribution in [-0.4, -0.2) is 32.1 Å². The molecule has 0 spiro atoms. The third kappa shape index (κ3) is 3.94. The zero-order chi connectivity index (χ0) is 18.7. The normalized spacial score (nSPS) is 10.7. The first-order valence-electron chi connectivity index (χ1n) is 7.95. The minimum atomic E-state index is -0.496. The first-order chi connectivity index (χ1) is 12.4. The van der Waals surface area contributed by atoms with Crippen LogP contribution in [0.2, 0.25) is 0 Å². The maximum Gasteiger partial charge on any atom is 0.269 e. The summed E-state index contributed by atoms with van der Waals surface area (Å²) in [5.74, 6) is -0.270. The van der Waals surface area contributed by atoms with Crippen LogP contribution in [0.25, 0.3) is 5.13 Å². The highest BCUT2D eigenvalue weighted by Gasteiger charge is 2.11. The molecular weight excluding hydrogens is 354 g/mol. The predicted molar refractivity (Wildman–Crippen MR) is 97.8 cm³/mol. The van der Waals surface area contributed by atoms with Gasteiger partial charge in [0.1, 0.15) is 0 Å². The van der Waals surface area contributed by atoms with E-state index in [1.54, 1.807) is 4.68 Å². The zero-order valence-electron chi connectivity index (χ0n) is 14.3. The van der Waals surface area contributed by atoms with Crippen molar-refractivity contribution in [1.82, 2.24) is 20.1 Å². The lowest BCUT2D eigenvalue weighted by molar-refractivity contribution is -0.384. The van der Waals surface area contributed by atoms with Crippen LogP contribution in [0.5, 0.6) is 0 Å². The van der Waals surface area contributed by atoms with Gasteiger partial charge in [-0.2, -0.15) is 5.10 Å². The molecule has 134 valence electrons. The molecule has 0 radical (unpaired) electrons. The van der Waals surface area contributed by atoms with Crippen molar-refractivity contribution in [2.75, 3.05) is 6.54 Å². The number of carbonyl (C=O) groups excluding carboxylic acids is 1. The van der Waals surface area contributed by atoms with Gasteiger partial charge in [-0.05, 0) is 32.0 Å². The Morgan fingerprint density at radius 1 is 1.31 bits per heavy atom. The molecule has 0 fully saturated rings. The molecule has 0 atom stereocenters. The largest absolute Gasteiger partial charge is 0.352 e. The molecule has 3 aromatic rings. The molecule has 2 heterocycles. The van der Waals surface area contributed by atoms with Crippen LogP contribution >= 0.6 is 11.3 Å². The van der Waals surface area contributed by atoms with Crippen molar-refractivity contribution in [2.24, 2.45) is 0 Å². The van der Waals surface area contributed by atoms with Gasteiger partial charge < -0.3 is 5.32 Å². The van der Waals surface area contributed by atoms with Crippen molar-refractivity contribution in [1.29, 1.82) is 0 Å². The van der Waals surface area contributed by atoms with E-state index < -0.39 is 4.92 Å². The number of aryl methyl sites for hydroxylation is 2. The van der Waals surface area contributed by atoms with E-state index >= 15 is 0 Å². The Kier molecular flexibility index (Phi) is 5.08. The summed E-state index contributed by atoms with van der Waals surface area (Å²) in [6.45, 7) is 4.34. The van der Waals surface area contributed by atoms with Crippen molar-refractivity contribution in [3.8, 4) is 5.13 Å². The van der Waals surface area contributed by atoms with Gasteiger partial charge in [-0.25, -0.2) is 9.67 Å². The lowest BCUT2D eigenvalue weighted by Gasteiger charge is -2.04. The van der Waals surface area contributed by atoms with E-state index in [-0.39, 0.29) is 11.6 Å². The molecule has 1 aromatic carbocycles. The number of amides is 1. The summed E-state index contributed by atoms with van der Waals surface area (Å²) in [4.78, 5) is 26.8. The predicted octanol–water partition coefficient (Wildman–Crippen LogP) is 2.83. The van der Waals surface area contributed by atoms with Crippen molar-refractivity contribution >= 4 is 22.9 Å². The highest BCUT2D eigenvalue weighted by molar-refractivity contribution is 7.12. The molecule has 9 heteroatoms. The zero-order valence-corrected chi connectivity index (χ0v) is 15.1. The van der Waals surface area contributed by atoms with E-state index in [1.165, 1.54) is 35.6 Å². The van der Waals surface area contributed by atoms with Gasteiger partial charge in [-0.1, -0.05) is 0 Å². The minimum absolute atomic E-state index is 0.0410. The molecule has 0 bridgehead atoms. The second kappa shape index (κ2) is 7.44. The van der Waals surface area contributed by atoms with Crippen molar-refractivity contribution in [2.45, 2.75) is 20.3 Å². The Morgan fingerprint density at radius 3 is 2.65 bits per heavy atom. The van der Waals surface area contributed by atoms with Gasteiger partial charge in [0, 0.05) is 41.7 Å². The molecular formula is C17H17N5O3S. The van der Waals surface area contributed by atoms with Gasteiger partial charge in [0.05, 0.1) is 16.3 Å². The standard InChI is InChI=1S/C17H17N5O3S/c1-11-9-12(2)21(20-11)17-19-14(10-26-17)7-8-18-16(23)13-3-5-15(6-4-13)22(24)25/h3-6,9-10H,7-8H2,1-2H3,(H,18,23). The van der Waals surface area contributed by atoms with E-state index in [0.29, 0.717) is 18.5 Å². The lowest BCUT2D eigenvalue weighted by atomic mass is 10.2. The number of nitrogens with one attached hydrogen (secondary N) is 1. The number of rotatable bonds is 6. The molecule has 0 unspecified atom stereocenters. The van der Waals surface area contributed by atoms with Gasteiger partial charge in [0.2, 0.25) is 5.13 Å². The number of nitro groups is 1. The third-order valence-electron chi connectivity index (χ3n) is 3.74. The van der Waals surface area contributed by atoms with E-state index in [4.69, 9.17) is 0 Å². The monoisotopic (exact) mass is 371 g/mol. The fraction of sp³-hybridized carbons (Fsp3) is 0.235. The van der Waals surface area contributed by atoms with Crippen molar-refractivity contribution < 1.29 is 9.72 Å². The average Bonchev–Trinajstić information content (AvgIpc) is 3.20. The van der Waals surface area contributed by atoms with Crippen LogP contribution in [0.15, 0.2) is 35.7 Å². The number of carbonyl (C=O) groups is 1. The summed E-state index contributed by atoms with van der Waals surface area (Å²) in [6.07, 6.45) is 0.592. The fourth-order valence-corrected chi connectivity index (χ4v) is 3.34. The first kappa shape index (κ1) is 17.7. The molecule has 1 N–H and O–H groups in total. The highest BCUT2D eigenvalue weighted by atomic mass is 32.1. The second-order valence-electron chi connectivity index (χ2n) is 5.77. The summed E-state index contributed by atoms with van der Waals surface area (Å²) in [6, 6.07) is 7.51. The van der Waals surface area contributed by atoms with Gasteiger partial charge in [-0.3, -0.25) is 14.9 Å². The molecule has 2 aromatic heterocycles. The van der Waals surface area contributed by atoms with Crippen molar-refractivity contribution in [3.63, 3.8) is 0 Å². The summed E-state index contributed by atoms with van der Waals surface area (Å²) in [7, 11) is 0. The maximum absolute atomic E-state index is 12.1. The number of nitro benzene ring substituents is 1. The van der Waals surface area contributed by atoms with Crippen LogP contribution in [0, 0.1) is 24.0 Å². The molecule has 0 saturated carbocycles. The molecule has 26 heavy (non-hydrogen) atoms. The van der Waals surface area contributed by atoms with Crippen LogP contribution in [0.4, 0.5) is 5.69 Å². The number of nitrogens with zero attached hydrogens (tertiary/aromatic N) is 4. The minimum Gasteiger partial charge on any atom is -0.352 e. The van der Waals surface area contributed by atoms with E-state index in [1.807, 2.05) is 25.3 Å². The summed E-state index contributed by atoms with van der Waals surface area (Å²) in [5.41, 5.74) is 3.18. The molecule has 0 aliphatic rings. The fourth-order valence-electron chi connectivity index (χ4n) is 2.47. The van der Waals surface area contributed by atoms with E-state index in [9.17, 15) is 14.9 Å². The van der Waals surface area contributed by atoms with Gasteiger partial charge in [0.15, 0.2) is 0 Å². The van der Waals surface area contributed by atoms with Crippen LogP contribution in [-0.2, 0) is 6.42 Å². The van der Waals surface area contributed by atoms with Gasteiger partial charge in [-0.15, -0.1) is 11.3 Å². The quantitative estimate of drug-likeness (QED) is 0.530. The average molecular weight is 371 g/mol. The van der Waals surface area contributed by atoms with Gasteiger partial charge in [0.25, 0.3) is 11.6 Å². The molecule has 1 amide bonds. The molecule has 8 nitrogen and oxygen atoms in total. The molecule has 3 rings (SSSR count). The Bertz CT molecular complexity index is 946. The number of benzene rings is 1. The summed E-state index contributed by atoms with van der Waals surface area (Å²) in [5, 5.41) is 20.6. The van der Waals surface area contributed by atoms with E-state index in [0.717, 1.165) is 22.2 Å². The Hall–Kier alpha value is -3.07. The molecule has 0 aliphatic carbocycles. The third-order valence-corrected chi connectivity index (χ3v) is 4.60. The number of non-ortho nitro benzene ring substituents is 1. The Morgan fingerprint density at radius 2 is 2.04 bits per heavy atom. The Balaban J connectivity index is 1.56. The van der Waals surface area contributed by atoms with E-state index in [2.05, 4.69) is 15.4 Å². The van der Waals surface area contributed by atoms with Crippen LogP contribution < -0.4 is 5.32 Å². The maximum atomic E-state index is 12.1. The Labute approximate surface area is 153 Å². The van der Waals surface area contributed by atoms with Crippen LogP contribution in [0.3, 0.4) is 0 Å². The second-order valence-corrected chi connectivity index (χ2v) is 6.61. The van der Waals surface area contributed by atoms with Crippen molar-refractivity contribution in [3.05, 3.63) is 68.5 Å². The topological polar surface area (TPSA) is 103 Å². The lowest BCUT2D eigenvalue weighted by Crippen LogP contribution is -2.25. The SMILES string of the molecule is Cc1cc(C)n(-c2nc(CCNC(=O)c3ccc([N+](=O)[O-])cc3)cs2)n1. The number of hydrogen-bond acceptors (Lipinski definition) is 6. The highest BCUT2D eigenvalue weighted by Crippen LogP contribution is 2.17. The van der Waals surface area contributed by atoms with Gasteiger partial charge >= 0.3 is 0 Å². The molecule has 0 saturated heterocycles. The first-order valence-corrected chi connectivity index (χ1v) is 8.82. The summed E-state index contributed by atoms with van der Waals surface area (Å²) >= 11 is 1.50. The number of aromatic nitrogens is 3.